The van der Waals surface area contributed by atoms with E-state index in [-0.39, 0.29) is 10.8 Å². The van der Waals surface area contributed by atoms with Gasteiger partial charge in [-0.1, -0.05) is 23.7 Å². The maximum atomic E-state index is 12.8. The van der Waals surface area contributed by atoms with Crippen molar-refractivity contribution in [1.29, 1.82) is 5.26 Å². The first-order chi connectivity index (χ1) is 10.4. The first-order valence-electron chi connectivity index (χ1n) is 6.11. The molecule has 0 unspecified atom stereocenters. The van der Waals surface area contributed by atoms with Crippen LogP contribution in [0.3, 0.4) is 0 Å². The Balaban J connectivity index is 2.21. The van der Waals surface area contributed by atoms with Crippen LogP contribution in [0.1, 0.15) is 11.1 Å². The summed E-state index contributed by atoms with van der Waals surface area (Å²) < 4.78 is 43.7. The number of nitrogens with zero attached hydrogens (tertiary/aromatic N) is 1. The van der Waals surface area contributed by atoms with Crippen LogP contribution in [0.25, 0.3) is 6.08 Å². The predicted molar refractivity (Wildman–Crippen MR) is 77.6 cm³/mol. The molecule has 112 valence electrons. The van der Waals surface area contributed by atoms with Crippen LogP contribution in [0.15, 0.2) is 48.5 Å². The Bertz CT molecular complexity index is 731. The van der Waals surface area contributed by atoms with Gasteiger partial charge in [-0.15, -0.1) is 0 Å². The van der Waals surface area contributed by atoms with E-state index in [9.17, 15) is 13.2 Å². The van der Waals surface area contributed by atoms with Crippen molar-refractivity contribution in [3.05, 3.63) is 64.7 Å². The highest BCUT2D eigenvalue weighted by atomic mass is 35.5. The zero-order valence-electron chi connectivity index (χ0n) is 11.1. The second-order valence-corrected chi connectivity index (χ2v) is 4.68. The first kappa shape index (κ1) is 15.9. The molecule has 0 saturated carbocycles. The smallest absolute Gasteiger partial charge is 0.417 e. The third kappa shape index (κ3) is 4.03. The number of rotatable bonds is 3. The van der Waals surface area contributed by atoms with Crippen LogP contribution in [0.4, 0.5) is 13.2 Å². The van der Waals surface area contributed by atoms with E-state index in [0.717, 1.165) is 17.7 Å². The third-order valence-corrected chi connectivity index (χ3v) is 3.04. The zero-order valence-corrected chi connectivity index (χ0v) is 11.8. The largest absolute Gasteiger partial charge is 0.457 e. The van der Waals surface area contributed by atoms with Crippen LogP contribution in [0, 0.1) is 11.3 Å². The van der Waals surface area contributed by atoms with E-state index in [1.165, 1.54) is 12.1 Å². The van der Waals surface area contributed by atoms with Gasteiger partial charge in [0, 0.05) is 6.08 Å². The molecule has 22 heavy (non-hydrogen) atoms. The number of alkyl halides is 3. The lowest BCUT2D eigenvalue weighted by molar-refractivity contribution is -0.137. The number of allylic oxidation sites excluding steroid dienone is 1. The Hall–Kier alpha value is -2.45. The van der Waals surface area contributed by atoms with Crippen LogP contribution < -0.4 is 4.74 Å². The molecule has 2 nitrogen and oxygen atoms in total. The fourth-order valence-electron chi connectivity index (χ4n) is 1.70. The fourth-order valence-corrected chi connectivity index (χ4v) is 1.93. The average molecular weight is 324 g/mol. The molecule has 0 bridgehead atoms. The van der Waals surface area contributed by atoms with E-state index in [2.05, 4.69) is 0 Å². The van der Waals surface area contributed by atoms with E-state index < -0.39 is 11.7 Å². The second-order valence-electron chi connectivity index (χ2n) is 4.27. The van der Waals surface area contributed by atoms with Crippen molar-refractivity contribution in [2.45, 2.75) is 6.18 Å². The standard InChI is InChI=1S/C16H9ClF3NO/c17-15-8-7-13(10-14(15)16(18,19)20)22-12-5-3-11(4-6-12)2-1-9-21/h1-8,10H. The van der Waals surface area contributed by atoms with Crippen molar-refractivity contribution in [2.24, 2.45) is 0 Å². The number of hydrogen-bond donors (Lipinski definition) is 0. The highest BCUT2D eigenvalue weighted by Crippen LogP contribution is 2.37. The van der Waals surface area contributed by atoms with Crippen molar-refractivity contribution in [2.75, 3.05) is 0 Å². The van der Waals surface area contributed by atoms with Gasteiger partial charge in [-0.2, -0.15) is 18.4 Å². The molecule has 0 aliphatic carbocycles. The van der Waals surface area contributed by atoms with E-state index in [1.54, 1.807) is 30.3 Å². The van der Waals surface area contributed by atoms with Crippen LogP contribution in [0.5, 0.6) is 11.5 Å². The molecule has 0 saturated heterocycles. The molecule has 0 spiro atoms. The summed E-state index contributed by atoms with van der Waals surface area (Å²) in [6, 6.07) is 11.8. The molecule has 0 fully saturated rings. The second kappa shape index (κ2) is 6.54. The molecule has 0 aromatic heterocycles. The number of benzene rings is 2. The monoisotopic (exact) mass is 323 g/mol. The number of nitriles is 1. The number of halogens is 4. The molecule has 0 amide bonds. The fraction of sp³-hybridized carbons (Fsp3) is 0.0625. The Kier molecular flexibility index (Phi) is 4.74. The summed E-state index contributed by atoms with van der Waals surface area (Å²) in [4.78, 5) is 0. The number of ether oxygens (including phenoxy) is 1. The summed E-state index contributed by atoms with van der Waals surface area (Å²) in [6.07, 6.45) is -1.61. The highest BCUT2D eigenvalue weighted by molar-refractivity contribution is 6.31. The maximum absolute atomic E-state index is 12.8. The van der Waals surface area contributed by atoms with Gasteiger partial charge in [0.15, 0.2) is 0 Å². The van der Waals surface area contributed by atoms with E-state index in [1.807, 2.05) is 6.07 Å². The van der Waals surface area contributed by atoms with Gasteiger partial charge >= 0.3 is 6.18 Å². The van der Waals surface area contributed by atoms with Gasteiger partial charge in [-0.3, -0.25) is 0 Å². The summed E-state index contributed by atoms with van der Waals surface area (Å²) in [5.74, 6) is 0.418. The van der Waals surface area contributed by atoms with Gasteiger partial charge < -0.3 is 4.74 Å². The van der Waals surface area contributed by atoms with Gasteiger partial charge in [0.05, 0.1) is 16.7 Å². The van der Waals surface area contributed by atoms with Crippen molar-refractivity contribution < 1.29 is 17.9 Å². The lowest BCUT2D eigenvalue weighted by Gasteiger charge is -2.11. The van der Waals surface area contributed by atoms with Crippen LogP contribution in [-0.2, 0) is 6.18 Å². The minimum absolute atomic E-state index is 0.0389. The van der Waals surface area contributed by atoms with Crippen LogP contribution in [-0.4, -0.2) is 0 Å². The van der Waals surface area contributed by atoms with Crippen LogP contribution >= 0.6 is 11.6 Å². The maximum Gasteiger partial charge on any atom is 0.417 e. The molecule has 0 aliphatic rings. The molecule has 0 atom stereocenters. The summed E-state index contributed by atoms with van der Waals surface area (Å²) in [5.41, 5.74) is -0.166. The molecule has 2 aromatic carbocycles. The summed E-state index contributed by atoms with van der Waals surface area (Å²) in [6.45, 7) is 0. The molecular formula is C16H9ClF3NO. The van der Waals surface area contributed by atoms with Crippen molar-refractivity contribution in [3.63, 3.8) is 0 Å². The van der Waals surface area contributed by atoms with Gasteiger partial charge in [0.1, 0.15) is 11.5 Å². The third-order valence-electron chi connectivity index (χ3n) is 2.71. The highest BCUT2D eigenvalue weighted by Gasteiger charge is 2.33. The molecule has 2 aromatic rings. The molecule has 0 heterocycles. The molecule has 2 rings (SSSR count). The quantitative estimate of drug-likeness (QED) is 0.680. The lowest BCUT2D eigenvalue weighted by atomic mass is 10.2. The zero-order chi connectivity index (χ0) is 16.2. The molecule has 0 N–H and O–H groups in total. The van der Waals surface area contributed by atoms with Crippen molar-refractivity contribution in [1.82, 2.24) is 0 Å². The molecule has 0 radical (unpaired) electrons. The van der Waals surface area contributed by atoms with Gasteiger partial charge in [0.25, 0.3) is 0 Å². The normalized spacial score (nSPS) is 11.4. The van der Waals surface area contributed by atoms with E-state index in [0.29, 0.717) is 5.75 Å². The molecular weight excluding hydrogens is 315 g/mol. The topological polar surface area (TPSA) is 33.0 Å². The lowest BCUT2D eigenvalue weighted by Crippen LogP contribution is -2.05. The Labute approximate surface area is 130 Å². The molecule has 0 aliphatic heterocycles. The Morgan fingerprint density at radius 2 is 1.68 bits per heavy atom. The predicted octanol–water partition coefficient (Wildman–Crippen LogP) is 5.69. The minimum Gasteiger partial charge on any atom is -0.457 e. The molecule has 6 heteroatoms. The van der Waals surface area contributed by atoms with Gasteiger partial charge in [-0.25, -0.2) is 0 Å². The van der Waals surface area contributed by atoms with Crippen molar-refractivity contribution in [3.8, 4) is 17.6 Å². The first-order valence-corrected chi connectivity index (χ1v) is 6.49. The summed E-state index contributed by atoms with van der Waals surface area (Å²) in [5, 5.41) is 8.05. The van der Waals surface area contributed by atoms with Crippen LogP contribution in [0.2, 0.25) is 5.02 Å². The minimum atomic E-state index is -4.54. The Morgan fingerprint density at radius 1 is 1.05 bits per heavy atom. The van der Waals surface area contributed by atoms with Gasteiger partial charge in [0.2, 0.25) is 0 Å². The number of hydrogen-bond acceptors (Lipinski definition) is 2. The van der Waals surface area contributed by atoms with E-state index >= 15 is 0 Å². The summed E-state index contributed by atoms with van der Waals surface area (Å²) >= 11 is 5.54. The Morgan fingerprint density at radius 3 is 2.27 bits per heavy atom. The SMILES string of the molecule is N#CC=Cc1ccc(Oc2ccc(Cl)c(C(F)(F)F)c2)cc1. The van der Waals surface area contributed by atoms with Crippen molar-refractivity contribution >= 4 is 17.7 Å². The average Bonchev–Trinajstić information content (AvgIpc) is 2.47. The van der Waals surface area contributed by atoms with E-state index in [4.69, 9.17) is 21.6 Å². The summed E-state index contributed by atoms with van der Waals surface area (Å²) in [7, 11) is 0. The van der Waals surface area contributed by atoms with Gasteiger partial charge in [-0.05, 0) is 42.0 Å².